The zero-order valence-electron chi connectivity index (χ0n) is 14.2. The predicted octanol–water partition coefficient (Wildman–Crippen LogP) is 4.24. The van der Waals surface area contributed by atoms with Gasteiger partial charge >= 0.3 is 0 Å². The molecule has 2 atom stereocenters. The van der Waals surface area contributed by atoms with E-state index in [9.17, 15) is 0 Å². The van der Waals surface area contributed by atoms with E-state index < -0.39 is 0 Å². The Kier molecular flexibility index (Phi) is 5.83. The Morgan fingerprint density at radius 3 is 2.48 bits per heavy atom. The molecule has 0 saturated carbocycles. The van der Waals surface area contributed by atoms with E-state index in [-0.39, 0.29) is 0 Å². The minimum absolute atomic E-state index is 0.334. The van der Waals surface area contributed by atoms with Crippen molar-refractivity contribution in [3.63, 3.8) is 0 Å². The van der Waals surface area contributed by atoms with Gasteiger partial charge in [0.05, 0.1) is 0 Å². The zero-order valence-corrected chi connectivity index (χ0v) is 14.2. The van der Waals surface area contributed by atoms with Crippen molar-refractivity contribution < 1.29 is 0 Å². The second kappa shape index (κ2) is 7.42. The Morgan fingerprint density at radius 1 is 1.14 bits per heavy atom. The molecule has 118 valence electrons. The van der Waals surface area contributed by atoms with Crippen LogP contribution in [0.3, 0.4) is 0 Å². The van der Waals surface area contributed by atoms with Crippen molar-refractivity contribution in [2.24, 2.45) is 5.41 Å². The van der Waals surface area contributed by atoms with Gasteiger partial charge in [-0.1, -0.05) is 70.9 Å². The fraction of sp³-hybridized carbons (Fsp3) is 0.684. The standard InChI is InChI=1S/C19H32N2/c1-5-6-10-13-21-15-17(16-11-8-7-9-12-16)20-14-18(21)19(2,3)4/h7-9,11-12,17-18,20H,5-6,10,13-15H2,1-4H3. The molecule has 1 saturated heterocycles. The summed E-state index contributed by atoms with van der Waals surface area (Å²) in [5.41, 5.74) is 1.76. The Bertz CT molecular complexity index is 407. The first kappa shape index (κ1) is 16.5. The second-order valence-corrected chi connectivity index (χ2v) is 7.46. The van der Waals surface area contributed by atoms with Crippen LogP contribution in [0.4, 0.5) is 0 Å². The molecule has 1 aromatic carbocycles. The molecule has 1 fully saturated rings. The normalized spacial score (nSPS) is 24.2. The van der Waals surface area contributed by atoms with Gasteiger partial charge in [0.1, 0.15) is 0 Å². The van der Waals surface area contributed by atoms with Gasteiger partial charge in [-0.15, -0.1) is 0 Å². The van der Waals surface area contributed by atoms with Crippen molar-refractivity contribution in [3.05, 3.63) is 35.9 Å². The molecule has 2 heteroatoms. The van der Waals surface area contributed by atoms with Gasteiger partial charge in [-0.3, -0.25) is 4.90 Å². The summed E-state index contributed by atoms with van der Waals surface area (Å²) in [7, 11) is 0. The molecule has 0 aromatic heterocycles. The Balaban J connectivity index is 2.05. The maximum absolute atomic E-state index is 3.77. The van der Waals surface area contributed by atoms with Crippen LogP contribution in [-0.4, -0.2) is 30.6 Å². The maximum Gasteiger partial charge on any atom is 0.0449 e. The summed E-state index contributed by atoms with van der Waals surface area (Å²) in [6, 6.07) is 12.0. The summed E-state index contributed by atoms with van der Waals surface area (Å²) in [5, 5.41) is 3.77. The number of benzene rings is 1. The first-order valence-corrected chi connectivity index (χ1v) is 8.54. The highest BCUT2D eigenvalue weighted by Crippen LogP contribution is 2.30. The molecule has 0 aliphatic carbocycles. The molecule has 0 radical (unpaired) electrons. The lowest BCUT2D eigenvalue weighted by atomic mass is 9.83. The summed E-state index contributed by atoms with van der Waals surface area (Å²) >= 11 is 0. The van der Waals surface area contributed by atoms with Gasteiger partial charge in [-0.25, -0.2) is 0 Å². The zero-order chi connectivity index (χ0) is 15.3. The molecule has 0 spiro atoms. The van der Waals surface area contributed by atoms with Gasteiger partial charge in [-0.05, 0) is 23.9 Å². The van der Waals surface area contributed by atoms with Crippen LogP contribution in [0.15, 0.2) is 30.3 Å². The summed E-state index contributed by atoms with van der Waals surface area (Å²) in [5.74, 6) is 0. The van der Waals surface area contributed by atoms with Gasteiger partial charge < -0.3 is 5.32 Å². The third-order valence-electron chi connectivity index (χ3n) is 4.67. The first-order valence-electron chi connectivity index (χ1n) is 8.54. The molecule has 1 aromatic rings. The fourth-order valence-electron chi connectivity index (χ4n) is 3.38. The summed E-state index contributed by atoms with van der Waals surface area (Å²) in [6.07, 6.45) is 3.97. The number of piperazine rings is 1. The molecular weight excluding hydrogens is 256 g/mol. The van der Waals surface area contributed by atoms with Crippen molar-refractivity contribution in [1.29, 1.82) is 0 Å². The Hall–Kier alpha value is -0.860. The number of unbranched alkanes of at least 4 members (excludes halogenated alkanes) is 2. The van der Waals surface area contributed by atoms with Crippen LogP contribution in [0, 0.1) is 5.41 Å². The molecule has 1 aliphatic rings. The van der Waals surface area contributed by atoms with E-state index in [1.807, 2.05) is 0 Å². The molecule has 21 heavy (non-hydrogen) atoms. The van der Waals surface area contributed by atoms with Crippen LogP contribution in [-0.2, 0) is 0 Å². The number of nitrogens with zero attached hydrogens (tertiary/aromatic N) is 1. The number of nitrogens with one attached hydrogen (secondary N) is 1. The van der Waals surface area contributed by atoms with Crippen molar-refractivity contribution >= 4 is 0 Å². The van der Waals surface area contributed by atoms with Crippen molar-refractivity contribution in [2.75, 3.05) is 19.6 Å². The van der Waals surface area contributed by atoms with Gasteiger partial charge in [0.2, 0.25) is 0 Å². The van der Waals surface area contributed by atoms with E-state index in [2.05, 4.69) is 68.2 Å². The topological polar surface area (TPSA) is 15.3 Å². The first-order chi connectivity index (χ1) is 10.0. The number of rotatable bonds is 5. The lowest BCUT2D eigenvalue weighted by Crippen LogP contribution is -2.57. The van der Waals surface area contributed by atoms with Crippen molar-refractivity contribution in [1.82, 2.24) is 10.2 Å². The average molecular weight is 288 g/mol. The summed E-state index contributed by atoms with van der Waals surface area (Å²) < 4.78 is 0. The van der Waals surface area contributed by atoms with Crippen LogP contribution in [0.1, 0.15) is 58.6 Å². The van der Waals surface area contributed by atoms with Gasteiger partial charge in [0.15, 0.2) is 0 Å². The molecule has 2 unspecified atom stereocenters. The third kappa shape index (κ3) is 4.55. The minimum atomic E-state index is 0.334. The quantitative estimate of drug-likeness (QED) is 0.815. The second-order valence-electron chi connectivity index (χ2n) is 7.46. The van der Waals surface area contributed by atoms with E-state index in [1.54, 1.807) is 0 Å². The molecule has 0 amide bonds. The molecule has 2 rings (SSSR count). The smallest absolute Gasteiger partial charge is 0.0449 e. The van der Waals surface area contributed by atoms with Gasteiger partial charge in [-0.2, -0.15) is 0 Å². The van der Waals surface area contributed by atoms with Crippen LogP contribution >= 0.6 is 0 Å². The molecular formula is C19H32N2. The average Bonchev–Trinajstić information content (AvgIpc) is 2.47. The largest absolute Gasteiger partial charge is 0.307 e. The van der Waals surface area contributed by atoms with Crippen LogP contribution < -0.4 is 5.32 Å². The van der Waals surface area contributed by atoms with E-state index in [0.717, 1.165) is 13.1 Å². The van der Waals surface area contributed by atoms with E-state index in [4.69, 9.17) is 0 Å². The molecule has 1 aliphatic heterocycles. The summed E-state index contributed by atoms with van der Waals surface area (Å²) in [6.45, 7) is 12.9. The van der Waals surface area contributed by atoms with E-state index in [0.29, 0.717) is 17.5 Å². The third-order valence-corrected chi connectivity index (χ3v) is 4.67. The van der Waals surface area contributed by atoms with E-state index >= 15 is 0 Å². The lowest BCUT2D eigenvalue weighted by Gasteiger charge is -2.46. The lowest BCUT2D eigenvalue weighted by molar-refractivity contribution is 0.0540. The predicted molar refractivity (Wildman–Crippen MR) is 91.5 cm³/mol. The molecule has 0 bridgehead atoms. The van der Waals surface area contributed by atoms with Crippen LogP contribution in [0.5, 0.6) is 0 Å². The van der Waals surface area contributed by atoms with Crippen LogP contribution in [0.2, 0.25) is 0 Å². The molecule has 1 heterocycles. The SMILES string of the molecule is CCCCCN1CC(c2ccccc2)NCC1C(C)(C)C. The highest BCUT2D eigenvalue weighted by atomic mass is 15.2. The van der Waals surface area contributed by atoms with E-state index in [1.165, 1.54) is 31.4 Å². The highest BCUT2D eigenvalue weighted by Gasteiger charge is 2.35. The maximum atomic E-state index is 3.77. The Morgan fingerprint density at radius 2 is 1.86 bits per heavy atom. The Labute approximate surface area is 130 Å². The number of hydrogen-bond donors (Lipinski definition) is 1. The van der Waals surface area contributed by atoms with Gasteiger partial charge in [0, 0.05) is 25.2 Å². The number of hydrogen-bond acceptors (Lipinski definition) is 2. The molecule has 2 nitrogen and oxygen atoms in total. The van der Waals surface area contributed by atoms with Crippen molar-refractivity contribution in [3.8, 4) is 0 Å². The fourth-order valence-corrected chi connectivity index (χ4v) is 3.38. The van der Waals surface area contributed by atoms with Gasteiger partial charge in [0.25, 0.3) is 0 Å². The van der Waals surface area contributed by atoms with Crippen LogP contribution in [0.25, 0.3) is 0 Å². The highest BCUT2D eigenvalue weighted by molar-refractivity contribution is 5.20. The van der Waals surface area contributed by atoms with Crippen molar-refractivity contribution in [2.45, 2.75) is 59.0 Å². The minimum Gasteiger partial charge on any atom is -0.307 e. The molecule has 1 N–H and O–H groups in total. The summed E-state index contributed by atoms with van der Waals surface area (Å²) in [4.78, 5) is 2.73. The monoisotopic (exact) mass is 288 g/mol.